The fourth-order valence-corrected chi connectivity index (χ4v) is 1.91. The Morgan fingerprint density at radius 3 is 2.53 bits per heavy atom. The van der Waals surface area contributed by atoms with Crippen molar-refractivity contribution < 1.29 is 0 Å². The predicted octanol–water partition coefficient (Wildman–Crippen LogP) is 1.50. The van der Waals surface area contributed by atoms with Gasteiger partial charge >= 0.3 is 0 Å². The minimum Gasteiger partial charge on any atom is -0.370 e. The number of benzene rings is 1. The first kappa shape index (κ1) is 11.9. The average molecular weight is 223 g/mol. The molecule has 0 aliphatic carbocycles. The van der Waals surface area contributed by atoms with E-state index in [1.54, 1.807) is 0 Å². The van der Waals surface area contributed by atoms with E-state index in [0.29, 0.717) is 6.54 Å². The number of guanidine groups is 1. The average Bonchev–Trinajstić information content (AvgIpc) is 2.20. The summed E-state index contributed by atoms with van der Waals surface area (Å²) in [5, 5.41) is 0. The monoisotopic (exact) mass is 223 g/mol. The first-order valence-corrected chi connectivity index (χ1v) is 6.02. The fourth-order valence-electron chi connectivity index (χ4n) is 1.11. The third-order valence-corrected chi connectivity index (χ3v) is 2.93. The molecule has 1 rings (SSSR count). The van der Waals surface area contributed by atoms with Crippen molar-refractivity contribution in [1.29, 1.82) is 0 Å². The molecule has 0 amide bonds. The molecule has 0 saturated carbocycles. The smallest absolute Gasteiger partial charge is 0.185 e. The van der Waals surface area contributed by atoms with Gasteiger partial charge in [-0.05, 0) is 12.5 Å². The molecule has 4 heteroatoms. The number of hydrogen-bond acceptors (Lipinski definition) is 2. The summed E-state index contributed by atoms with van der Waals surface area (Å²) >= 11 is 1.84. The van der Waals surface area contributed by atoms with Crippen LogP contribution in [0.3, 0.4) is 0 Å². The van der Waals surface area contributed by atoms with Gasteiger partial charge in [0.25, 0.3) is 0 Å². The summed E-state index contributed by atoms with van der Waals surface area (Å²) in [7, 11) is 0. The van der Waals surface area contributed by atoms with E-state index in [0.717, 1.165) is 11.5 Å². The van der Waals surface area contributed by atoms with Crippen LogP contribution in [0.15, 0.2) is 29.3 Å². The molecule has 0 spiro atoms. The number of nitrogens with two attached hydrogens (primary N) is 2. The van der Waals surface area contributed by atoms with Crippen molar-refractivity contribution in [2.24, 2.45) is 16.5 Å². The second kappa shape index (κ2) is 6.35. The summed E-state index contributed by atoms with van der Waals surface area (Å²) in [4.78, 5) is 3.92. The van der Waals surface area contributed by atoms with Crippen LogP contribution in [0.2, 0.25) is 0 Å². The molecule has 0 bridgehead atoms. The highest BCUT2D eigenvalue weighted by Gasteiger charge is 1.93. The maximum atomic E-state index is 5.22. The highest BCUT2D eigenvalue weighted by molar-refractivity contribution is 7.98. The summed E-state index contributed by atoms with van der Waals surface area (Å²) in [6.07, 6.45) is 0. The lowest BCUT2D eigenvalue weighted by molar-refractivity contribution is 1.12. The van der Waals surface area contributed by atoms with Gasteiger partial charge in [-0.15, -0.1) is 0 Å². The van der Waals surface area contributed by atoms with Crippen LogP contribution in [-0.2, 0) is 5.75 Å². The van der Waals surface area contributed by atoms with E-state index in [1.807, 2.05) is 11.8 Å². The molecule has 0 radical (unpaired) electrons. The zero-order valence-corrected chi connectivity index (χ0v) is 9.76. The molecule has 0 saturated heterocycles. The van der Waals surface area contributed by atoms with Gasteiger partial charge in [0.15, 0.2) is 5.96 Å². The summed E-state index contributed by atoms with van der Waals surface area (Å²) in [6, 6.07) is 8.57. The van der Waals surface area contributed by atoms with Crippen LogP contribution in [-0.4, -0.2) is 18.3 Å². The highest BCUT2D eigenvalue weighted by Crippen LogP contribution is 2.12. The van der Waals surface area contributed by atoms with Gasteiger partial charge < -0.3 is 11.5 Å². The Labute approximate surface area is 95.0 Å². The van der Waals surface area contributed by atoms with E-state index in [-0.39, 0.29) is 5.96 Å². The molecule has 4 N–H and O–H groups in total. The zero-order chi connectivity index (χ0) is 11.1. The normalized spacial score (nSPS) is 9.93. The SMILES string of the molecule is Cc1ccc(CSCCN=C(N)N)cc1. The Bertz CT molecular complexity index is 315. The van der Waals surface area contributed by atoms with Crippen LogP contribution in [0.1, 0.15) is 11.1 Å². The Kier molecular flexibility index (Phi) is 5.04. The molecule has 1 aromatic rings. The minimum atomic E-state index is 0.172. The lowest BCUT2D eigenvalue weighted by Gasteiger charge is -2.01. The molecule has 0 heterocycles. The topological polar surface area (TPSA) is 64.4 Å². The summed E-state index contributed by atoms with van der Waals surface area (Å²) in [5.74, 6) is 2.14. The first-order chi connectivity index (χ1) is 7.18. The van der Waals surface area contributed by atoms with E-state index < -0.39 is 0 Å². The maximum Gasteiger partial charge on any atom is 0.185 e. The van der Waals surface area contributed by atoms with E-state index >= 15 is 0 Å². The fraction of sp³-hybridized carbons (Fsp3) is 0.364. The number of rotatable bonds is 5. The van der Waals surface area contributed by atoms with Crippen molar-refractivity contribution in [2.75, 3.05) is 12.3 Å². The second-order valence-corrected chi connectivity index (χ2v) is 4.45. The van der Waals surface area contributed by atoms with Gasteiger partial charge in [0.1, 0.15) is 0 Å². The molecule has 0 unspecified atom stereocenters. The Balaban J connectivity index is 2.20. The minimum absolute atomic E-state index is 0.172. The second-order valence-electron chi connectivity index (χ2n) is 3.34. The zero-order valence-electron chi connectivity index (χ0n) is 8.94. The van der Waals surface area contributed by atoms with Crippen molar-refractivity contribution in [2.45, 2.75) is 12.7 Å². The van der Waals surface area contributed by atoms with E-state index in [9.17, 15) is 0 Å². The number of aryl methyl sites for hydroxylation is 1. The van der Waals surface area contributed by atoms with Crippen molar-refractivity contribution in [3.63, 3.8) is 0 Å². The Morgan fingerprint density at radius 2 is 1.93 bits per heavy atom. The quantitative estimate of drug-likeness (QED) is 0.452. The highest BCUT2D eigenvalue weighted by atomic mass is 32.2. The van der Waals surface area contributed by atoms with Crippen molar-refractivity contribution >= 4 is 17.7 Å². The van der Waals surface area contributed by atoms with Gasteiger partial charge in [0, 0.05) is 11.5 Å². The van der Waals surface area contributed by atoms with Crippen LogP contribution in [0.5, 0.6) is 0 Å². The standard InChI is InChI=1S/C11H17N3S/c1-9-2-4-10(5-3-9)8-15-7-6-14-11(12)13/h2-5H,6-8H2,1H3,(H4,12,13,14). The van der Waals surface area contributed by atoms with E-state index in [1.165, 1.54) is 11.1 Å². The molecule has 0 atom stereocenters. The largest absolute Gasteiger partial charge is 0.370 e. The summed E-state index contributed by atoms with van der Waals surface area (Å²) in [6.45, 7) is 2.79. The molecular weight excluding hydrogens is 206 g/mol. The molecule has 15 heavy (non-hydrogen) atoms. The van der Waals surface area contributed by atoms with E-state index in [4.69, 9.17) is 11.5 Å². The van der Waals surface area contributed by atoms with Gasteiger partial charge in [-0.25, -0.2) is 0 Å². The number of hydrogen-bond donors (Lipinski definition) is 2. The third kappa shape index (κ3) is 5.32. The summed E-state index contributed by atoms with van der Waals surface area (Å²) < 4.78 is 0. The lowest BCUT2D eigenvalue weighted by atomic mass is 10.2. The Morgan fingerprint density at radius 1 is 1.27 bits per heavy atom. The van der Waals surface area contributed by atoms with E-state index in [2.05, 4.69) is 36.2 Å². The molecule has 3 nitrogen and oxygen atoms in total. The van der Waals surface area contributed by atoms with Crippen LogP contribution in [0.4, 0.5) is 0 Å². The number of nitrogens with zero attached hydrogens (tertiary/aromatic N) is 1. The molecule has 0 aliphatic rings. The van der Waals surface area contributed by atoms with Crippen LogP contribution < -0.4 is 11.5 Å². The lowest BCUT2D eigenvalue weighted by Crippen LogP contribution is -2.23. The van der Waals surface area contributed by atoms with Crippen LogP contribution >= 0.6 is 11.8 Å². The Hall–Kier alpha value is -1.16. The van der Waals surface area contributed by atoms with Crippen LogP contribution in [0, 0.1) is 6.92 Å². The number of thioether (sulfide) groups is 1. The van der Waals surface area contributed by atoms with Crippen molar-refractivity contribution in [3.8, 4) is 0 Å². The van der Waals surface area contributed by atoms with Gasteiger partial charge in [0.2, 0.25) is 0 Å². The molecule has 0 fully saturated rings. The van der Waals surface area contributed by atoms with Crippen molar-refractivity contribution in [3.05, 3.63) is 35.4 Å². The third-order valence-electron chi connectivity index (χ3n) is 1.92. The first-order valence-electron chi connectivity index (χ1n) is 4.87. The molecular formula is C11H17N3S. The van der Waals surface area contributed by atoms with Gasteiger partial charge in [-0.1, -0.05) is 29.8 Å². The van der Waals surface area contributed by atoms with Crippen molar-refractivity contribution in [1.82, 2.24) is 0 Å². The molecule has 0 aliphatic heterocycles. The molecule has 82 valence electrons. The predicted molar refractivity (Wildman–Crippen MR) is 68.0 cm³/mol. The molecule has 1 aromatic carbocycles. The van der Waals surface area contributed by atoms with Gasteiger partial charge in [-0.3, -0.25) is 4.99 Å². The summed E-state index contributed by atoms with van der Waals surface area (Å²) in [5.41, 5.74) is 13.1. The maximum absolute atomic E-state index is 5.22. The van der Waals surface area contributed by atoms with Gasteiger partial charge in [0.05, 0.1) is 6.54 Å². The van der Waals surface area contributed by atoms with Crippen LogP contribution in [0.25, 0.3) is 0 Å². The number of aliphatic imine (C=N–C) groups is 1. The van der Waals surface area contributed by atoms with Gasteiger partial charge in [-0.2, -0.15) is 11.8 Å². The molecule has 0 aromatic heterocycles.